The molecule has 6 heteroatoms. The highest BCUT2D eigenvalue weighted by atomic mass is 35.5. The molecule has 0 bridgehead atoms. The second kappa shape index (κ2) is 4.82. The van der Waals surface area contributed by atoms with E-state index in [9.17, 15) is 4.79 Å². The van der Waals surface area contributed by atoms with Gasteiger partial charge in [0.25, 0.3) is 0 Å². The molecule has 2 heterocycles. The van der Waals surface area contributed by atoms with Crippen LogP contribution in [-0.2, 0) is 4.79 Å². The summed E-state index contributed by atoms with van der Waals surface area (Å²) in [7, 11) is 0. The van der Waals surface area contributed by atoms with Crippen LogP contribution in [0.25, 0.3) is 0 Å². The Bertz CT molecular complexity index is 467. The summed E-state index contributed by atoms with van der Waals surface area (Å²) in [5.41, 5.74) is 0. The van der Waals surface area contributed by atoms with Gasteiger partial charge in [-0.2, -0.15) is 0 Å². The fourth-order valence-corrected chi connectivity index (χ4v) is 3.20. The van der Waals surface area contributed by atoms with Crippen LogP contribution in [0.3, 0.4) is 0 Å². The van der Waals surface area contributed by atoms with E-state index >= 15 is 0 Å². The Morgan fingerprint density at radius 2 is 2.39 bits per heavy atom. The van der Waals surface area contributed by atoms with Gasteiger partial charge in [0.15, 0.2) is 0 Å². The standard InChI is InChI=1S/C12H15ClN4O/c13-9-4-5-14-12(16-9)17-11(18)10-8-3-1-2-7(8)6-15-10/h4-5,7-8,10,15H,1-3,6H2,(H,14,16,17,18). The van der Waals surface area contributed by atoms with Crippen molar-refractivity contribution in [2.75, 3.05) is 11.9 Å². The van der Waals surface area contributed by atoms with E-state index in [0.717, 1.165) is 13.0 Å². The predicted octanol–water partition coefficient (Wildman–Crippen LogP) is 1.46. The maximum atomic E-state index is 12.2. The van der Waals surface area contributed by atoms with Crippen LogP contribution < -0.4 is 10.6 Å². The Hall–Kier alpha value is -1.20. The second-order valence-electron chi connectivity index (χ2n) is 4.93. The number of carbonyl (C=O) groups excluding carboxylic acids is 1. The van der Waals surface area contributed by atoms with Crippen LogP contribution >= 0.6 is 11.6 Å². The minimum absolute atomic E-state index is 0.0494. The Balaban J connectivity index is 1.68. The molecule has 0 aromatic carbocycles. The fourth-order valence-electron chi connectivity index (χ4n) is 3.06. The van der Waals surface area contributed by atoms with Gasteiger partial charge >= 0.3 is 0 Å². The van der Waals surface area contributed by atoms with Crippen molar-refractivity contribution in [3.05, 3.63) is 17.4 Å². The number of nitrogens with zero attached hydrogens (tertiary/aromatic N) is 2. The minimum atomic E-state index is -0.111. The number of aromatic nitrogens is 2. The molecule has 3 rings (SSSR count). The molecule has 1 aliphatic heterocycles. The lowest BCUT2D eigenvalue weighted by molar-refractivity contribution is -0.118. The van der Waals surface area contributed by atoms with Crippen LogP contribution in [0.5, 0.6) is 0 Å². The van der Waals surface area contributed by atoms with Gasteiger partial charge in [0, 0.05) is 6.20 Å². The Morgan fingerprint density at radius 3 is 3.22 bits per heavy atom. The van der Waals surface area contributed by atoms with Gasteiger partial charge in [-0.05, 0) is 37.3 Å². The lowest BCUT2D eigenvalue weighted by Crippen LogP contribution is -2.40. The van der Waals surface area contributed by atoms with E-state index in [1.165, 1.54) is 19.0 Å². The Labute approximate surface area is 110 Å². The molecule has 2 aliphatic rings. The SMILES string of the molecule is O=C(Nc1nccc(Cl)n1)C1NCC2CCCC21. The average Bonchev–Trinajstić information content (AvgIpc) is 2.89. The molecule has 1 amide bonds. The molecule has 2 fully saturated rings. The first-order chi connectivity index (χ1) is 8.74. The lowest BCUT2D eigenvalue weighted by Gasteiger charge is -2.16. The van der Waals surface area contributed by atoms with Crippen LogP contribution in [0.4, 0.5) is 5.95 Å². The van der Waals surface area contributed by atoms with Crippen molar-refractivity contribution in [1.82, 2.24) is 15.3 Å². The number of amides is 1. The first kappa shape index (κ1) is 11.9. The van der Waals surface area contributed by atoms with Crippen LogP contribution in [0.2, 0.25) is 5.15 Å². The van der Waals surface area contributed by atoms with Crippen molar-refractivity contribution in [1.29, 1.82) is 0 Å². The van der Waals surface area contributed by atoms with E-state index < -0.39 is 0 Å². The molecule has 18 heavy (non-hydrogen) atoms. The highest BCUT2D eigenvalue weighted by molar-refractivity contribution is 6.29. The van der Waals surface area contributed by atoms with E-state index in [4.69, 9.17) is 11.6 Å². The summed E-state index contributed by atoms with van der Waals surface area (Å²) in [5.74, 6) is 1.34. The van der Waals surface area contributed by atoms with Gasteiger partial charge in [-0.15, -0.1) is 0 Å². The summed E-state index contributed by atoms with van der Waals surface area (Å²) in [6.07, 6.45) is 5.13. The summed E-state index contributed by atoms with van der Waals surface area (Å²) in [4.78, 5) is 20.1. The van der Waals surface area contributed by atoms with Gasteiger partial charge < -0.3 is 5.32 Å². The maximum absolute atomic E-state index is 12.2. The first-order valence-electron chi connectivity index (χ1n) is 6.27. The first-order valence-corrected chi connectivity index (χ1v) is 6.64. The number of halogens is 1. The molecule has 3 atom stereocenters. The van der Waals surface area contributed by atoms with E-state index in [0.29, 0.717) is 17.0 Å². The molecule has 0 spiro atoms. The molecule has 5 nitrogen and oxygen atoms in total. The van der Waals surface area contributed by atoms with Crippen molar-refractivity contribution in [2.24, 2.45) is 11.8 Å². The molecule has 1 aliphatic carbocycles. The van der Waals surface area contributed by atoms with Crippen molar-refractivity contribution in [3.63, 3.8) is 0 Å². The molecule has 96 valence electrons. The van der Waals surface area contributed by atoms with Gasteiger partial charge in [-0.1, -0.05) is 18.0 Å². The van der Waals surface area contributed by atoms with Gasteiger partial charge in [0.2, 0.25) is 11.9 Å². The van der Waals surface area contributed by atoms with Gasteiger partial charge in [0.05, 0.1) is 6.04 Å². The smallest absolute Gasteiger partial charge is 0.244 e. The zero-order valence-corrected chi connectivity index (χ0v) is 10.7. The van der Waals surface area contributed by atoms with E-state index in [1.54, 1.807) is 6.07 Å². The summed E-state index contributed by atoms with van der Waals surface area (Å²) >= 11 is 5.76. The second-order valence-corrected chi connectivity index (χ2v) is 5.32. The topological polar surface area (TPSA) is 66.9 Å². The van der Waals surface area contributed by atoms with Gasteiger partial charge in [0.1, 0.15) is 5.15 Å². The average molecular weight is 267 g/mol. The number of rotatable bonds is 2. The molecule has 1 saturated carbocycles. The van der Waals surface area contributed by atoms with Crippen molar-refractivity contribution in [3.8, 4) is 0 Å². The molecule has 1 saturated heterocycles. The normalized spacial score (nSPS) is 30.2. The third-order valence-electron chi connectivity index (χ3n) is 3.89. The van der Waals surface area contributed by atoms with Crippen molar-refractivity contribution in [2.45, 2.75) is 25.3 Å². The Kier molecular flexibility index (Phi) is 3.18. The maximum Gasteiger partial charge on any atom is 0.244 e. The van der Waals surface area contributed by atoms with Crippen LogP contribution in [-0.4, -0.2) is 28.5 Å². The molecule has 3 unspecified atom stereocenters. The lowest BCUT2D eigenvalue weighted by atomic mass is 9.94. The predicted molar refractivity (Wildman–Crippen MR) is 68.3 cm³/mol. The molecule has 2 N–H and O–H groups in total. The van der Waals surface area contributed by atoms with E-state index in [1.807, 2.05) is 0 Å². The summed E-state index contributed by atoms with van der Waals surface area (Å²) < 4.78 is 0. The molecular formula is C12H15ClN4O. The van der Waals surface area contributed by atoms with Gasteiger partial charge in [-0.25, -0.2) is 9.97 Å². The summed E-state index contributed by atoms with van der Waals surface area (Å²) in [6.45, 7) is 0.944. The largest absolute Gasteiger partial charge is 0.305 e. The Morgan fingerprint density at radius 1 is 1.50 bits per heavy atom. The summed E-state index contributed by atoms with van der Waals surface area (Å²) in [5, 5.41) is 6.35. The third-order valence-corrected chi connectivity index (χ3v) is 4.10. The fraction of sp³-hybridized carbons (Fsp3) is 0.583. The number of hydrogen-bond acceptors (Lipinski definition) is 4. The van der Waals surface area contributed by atoms with Crippen LogP contribution in [0.1, 0.15) is 19.3 Å². The highest BCUT2D eigenvalue weighted by Crippen LogP contribution is 2.37. The van der Waals surface area contributed by atoms with E-state index in [2.05, 4.69) is 20.6 Å². The molecular weight excluding hydrogens is 252 g/mol. The molecule has 1 aromatic rings. The third kappa shape index (κ3) is 2.20. The number of hydrogen-bond donors (Lipinski definition) is 2. The zero-order chi connectivity index (χ0) is 12.5. The monoisotopic (exact) mass is 266 g/mol. The number of nitrogens with one attached hydrogen (secondary N) is 2. The molecule has 0 radical (unpaired) electrons. The highest BCUT2D eigenvalue weighted by Gasteiger charge is 2.42. The van der Waals surface area contributed by atoms with Crippen molar-refractivity contribution >= 4 is 23.5 Å². The minimum Gasteiger partial charge on any atom is -0.305 e. The van der Waals surface area contributed by atoms with Gasteiger partial charge in [-0.3, -0.25) is 10.1 Å². The number of anilines is 1. The zero-order valence-electron chi connectivity index (χ0n) is 9.90. The number of carbonyl (C=O) groups is 1. The van der Waals surface area contributed by atoms with Crippen LogP contribution in [0, 0.1) is 11.8 Å². The van der Waals surface area contributed by atoms with E-state index in [-0.39, 0.29) is 17.9 Å². The summed E-state index contributed by atoms with van der Waals surface area (Å²) in [6, 6.07) is 1.47. The van der Waals surface area contributed by atoms with Crippen molar-refractivity contribution < 1.29 is 4.79 Å². The van der Waals surface area contributed by atoms with Crippen LogP contribution in [0.15, 0.2) is 12.3 Å². The quantitative estimate of drug-likeness (QED) is 0.796. The number of fused-ring (bicyclic) bond motifs is 1. The molecule has 1 aromatic heterocycles.